The number of hydrogen-bond acceptors (Lipinski definition) is 5. The van der Waals surface area contributed by atoms with E-state index in [0.717, 1.165) is 24.1 Å². The molecule has 1 saturated heterocycles. The number of aryl methyl sites for hydroxylation is 2. The van der Waals surface area contributed by atoms with Crippen molar-refractivity contribution in [1.82, 2.24) is 4.31 Å². The quantitative estimate of drug-likeness (QED) is 0.647. The third-order valence-corrected chi connectivity index (χ3v) is 7.80. The number of ether oxygens (including phenoxy) is 2. The van der Waals surface area contributed by atoms with E-state index in [0.29, 0.717) is 38.4 Å². The lowest BCUT2D eigenvalue weighted by molar-refractivity contribution is -0.114. The lowest BCUT2D eigenvalue weighted by Gasteiger charge is -2.30. The first-order valence-electron chi connectivity index (χ1n) is 10.8. The third kappa shape index (κ3) is 4.44. The standard InChI is InChI=1S/C24H28N2O5S/c1-18-5-3-6-20-7-4-12-26(24(18)20)23(27)11-9-19-8-10-21(30-2)22(17-19)32(28,29)25-13-15-31-16-14-25/h3,5-6,8-11,17H,4,7,12-16H2,1-2H3. The summed E-state index contributed by atoms with van der Waals surface area (Å²) in [6.45, 7) is 4.02. The number of para-hydroxylation sites is 1. The van der Waals surface area contributed by atoms with Crippen LogP contribution in [-0.4, -0.2) is 58.6 Å². The number of rotatable bonds is 5. The van der Waals surface area contributed by atoms with Gasteiger partial charge in [-0.25, -0.2) is 8.42 Å². The van der Waals surface area contributed by atoms with Crippen LogP contribution in [0.1, 0.15) is 23.1 Å². The minimum absolute atomic E-state index is 0.0932. The molecule has 2 aromatic rings. The Labute approximate surface area is 189 Å². The Morgan fingerprint density at radius 3 is 2.66 bits per heavy atom. The Kier molecular flexibility index (Phi) is 6.64. The van der Waals surface area contributed by atoms with Gasteiger partial charge in [-0.2, -0.15) is 4.31 Å². The van der Waals surface area contributed by atoms with Gasteiger partial charge in [0.2, 0.25) is 10.0 Å². The summed E-state index contributed by atoms with van der Waals surface area (Å²) >= 11 is 0. The van der Waals surface area contributed by atoms with Crippen molar-refractivity contribution in [2.24, 2.45) is 0 Å². The van der Waals surface area contributed by atoms with Crippen LogP contribution in [0.15, 0.2) is 47.4 Å². The maximum atomic E-state index is 13.2. The molecule has 0 unspecified atom stereocenters. The van der Waals surface area contributed by atoms with Crippen LogP contribution >= 0.6 is 0 Å². The van der Waals surface area contributed by atoms with Gasteiger partial charge in [-0.15, -0.1) is 0 Å². The summed E-state index contributed by atoms with van der Waals surface area (Å²) in [5.74, 6) is 0.161. The highest BCUT2D eigenvalue weighted by atomic mass is 32.2. The van der Waals surface area contributed by atoms with Crippen molar-refractivity contribution in [3.8, 4) is 5.75 Å². The molecule has 2 heterocycles. The molecule has 0 bridgehead atoms. The van der Waals surface area contributed by atoms with Crippen LogP contribution in [0, 0.1) is 6.92 Å². The monoisotopic (exact) mass is 456 g/mol. The molecule has 0 atom stereocenters. The van der Waals surface area contributed by atoms with E-state index in [-0.39, 0.29) is 16.6 Å². The van der Waals surface area contributed by atoms with Crippen LogP contribution < -0.4 is 9.64 Å². The Hall–Kier alpha value is -2.68. The fraction of sp³-hybridized carbons (Fsp3) is 0.375. The summed E-state index contributed by atoms with van der Waals surface area (Å²) in [6.07, 6.45) is 5.05. The first-order chi connectivity index (χ1) is 15.4. The van der Waals surface area contributed by atoms with E-state index >= 15 is 0 Å². The Morgan fingerprint density at radius 2 is 1.91 bits per heavy atom. The molecule has 0 radical (unpaired) electrons. The highest BCUT2D eigenvalue weighted by molar-refractivity contribution is 7.89. The molecule has 0 saturated carbocycles. The van der Waals surface area contributed by atoms with Gasteiger partial charge in [0.05, 0.1) is 26.0 Å². The van der Waals surface area contributed by atoms with E-state index in [4.69, 9.17) is 9.47 Å². The first-order valence-corrected chi connectivity index (χ1v) is 12.2. The highest BCUT2D eigenvalue weighted by Gasteiger charge is 2.29. The van der Waals surface area contributed by atoms with Gasteiger partial charge in [-0.05, 0) is 54.7 Å². The number of hydrogen-bond donors (Lipinski definition) is 0. The number of amides is 1. The fourth-order valence-corrected chi connectivity index (χ4v) is 5.85. The van der Waals surface area contributed by atoms with Crippen molar-refractivity contribution in [2.45, 2.75) is 24.7 Å². The Balaban J connectivity index is 1.61. The van der Waals surface area contributed by atoms with Gasteiger partial charge < -0.3 is 14.4 Å². The second-order valence-corrected chi connectivity index (χ2v) is 9.84. The second-order valence-electron chi connectivity index (χ2n) is 7.94. The summed E-state index contributed by atoms with van der Waals surface area (Å²) < 4.78 is 38.3. The number of fused-ring (bicyclic) bond motifs is 1. The molecule has 0 aromatic heterocycles. The fourth-order valence-electron chi connectivity index (χ4n) is 4.25. The van der Waals surface area contributed by atoms with Crippen LogP contribution in [0.4, 0.5) is 5.69 Å². The molecule has 0 aliphatic carbocycles. The van der Waals surface area contributed by atoms with Gasteiger partial charge in [0.1, 0.15) is 10.6 Å². The second kappa shape index (κ2) is 9.44. The number of carbonyl (C=O) groups excluding carboxylic acids is 1. The molecule has 2 aliphatic rings. The van der Waals surface area contributed by atoms with Crippen LogP contribution in [-0.2, 0) is 26.0 Å². The van der Waals surface area contributed by atoms with E-state index in [1.54, 1.807) is 29.2 Å². The van der Waals surface area contributed by atoms with Crippen molar-refractivity contribution in [2.75, 3.05) is 44.9 Å². The molecular weight excluding hydrogens is 428 g/mol. The van der Waals surface area contributed by atoms with Gasteiger partial charge >= 0.3 is 0 Å². The molecule has 2 aromatic carbocycles. The van der Waals surface area contributed by atoms with Crippen LogP contribution in [0.25, 0.3) is 6.08 Å². The summed E-state index contributed by atoms with van der Waals surface area (Å²) in [7, 11) is -2.29. The van der Waals surface area contributed by atoms with Gasteiger partial charge in [-0.3, -0.25) is 4.79 Å². The van der Waals surface area contributed by atoms with E-state index in [1.165, 1.54) is 23.1 Å². The normalized spacial score (nSPS) is 17.4. The minimum atomic E-state index is -3.73. The molecule has 170 valence electrons. The predicted octanol–water partition coefficient (Wildman–Crippen LogP) is 3.02. The van der Waals surface area contributed by atoms with Crippen LogP contribution in [0.3, 0.4) is 0 Å². The summed E-state index contributed by atoms with van der Waals surface area (Å²) in [5, 5.41) is 0. The van der Waals surface area contributed by atoms with Crippen molar-refractivity contribution in [1.29, 1.82) is 0 Å². The zero-order valence-corrected chi connectivity index (χ0v) is 19.2. The Bertz CT molecular complexity index is 1140. The smallest absolute Gasteiger partial charge is 0.251 e. The maximum Gasteiger partial charge on any atom is 0.251 e. The molecule has 1 amide bonds. The predicted molar refractivity (Wildman–Crippen MR) is 123 cm³/mol. The number of sulfonamides is 1. The van der Waals surface area contributed by atoms with Crippen molar-refractivity contribution < 1.29 is 22.7 Å². The Morgan fingerprint density at radius 1 is 1.12 bits per heavy atom. The number of morpholine rings is 1. The van der Waals surface area contributed by atoms with Crippen molar-refractivity contribution in [3.05, 3.63) is 59.2 Å². The summed E-state index contributed by atoms with van der Waals surface area (Å²) in [4.78, 5) is 14.9. The highest BCUT2D eigenvalue weighted by Crippen LogP contribution is 2.31. The van der Waals surface area contributed by atoms with Crippen LogP contribution in [0.2, 0.25) is 0 Å². The third-order valence-electron chi connectivity index (χ3n) is 5.88. The van der Waals surface area contributed by atoms with Crippen LogP contribution in [0.5, 0.6) is 5.75 Å². The van der Waals surface area contributed by atoms with Gasteiger partial charge in [-0.1, -0.05) is 24.3 Å². The summed E-state index contributed by atoms with van der Waals surface area (Å²) in [5.41, 5.74) is 3.86. The van der Waals surface area contributed by atoms with Crippen molar-refractivity contribution >= 4 is 27.7 Å². The molecule has 0 N–H and O–H groups in total. The first kappa shape index (κ1) is 22.5. The number of nitrogens with zero attached hydrogens (tertiary/aromatic N) is 2. The average Bonchev–Trinajstić information content (AvgIpc) is 2.82. The number of methoxy groups -OCH3 is 1. The molecule has 8 heteroatoms. The van der Waals surface area contributed by atoms with E-state index < -0.39 is 10.0 Å². The topological polar surface area (TPSA) is 76.2 Å². The molecule has 0 spiro atoms. The molecule has 1 fully saturated rings. The minimum Gasteiger partial charge on any atom is -0.495 e. The molecule has 2 aliphatic heterocycles. The number of carbonyl (C=O) groups is 1. The zero-order chi connectivity index (χ0) is 22.7. The lowest BCUT2D eigenvalue weighted by atomic mass is 9.98. The average molecular weight is 457 g/mol. The molecule has 7 nitrogen and oxygen atoms in total. The zero-order valence-electron chi connectivity index (χ0n) is 18.4. The molecule has 4 rings (SSSR count). The number of benzene rings is 2. The number of anilines is 1. The van der Waals surface area contributed by atoms with Gasteiger partial charge in [0.15, 0.2) is 0 Å². The molecule has 32 heavy (non-hydrogen) atoms. The van der Waals surface area contributed by atoms with E-state index in [2.05, 4.69) is 6.07 Å². The van der Waals surface area contributed by atoms with E-state index in [9.17, 15) is 13.2 Å². The molecular formula is C24H28N2O5S. The lowest BCUT2D eigenvalue weighted by Crippen LogP contribution is -2.40. The largest absolute Gasteiger partial charge is 0.495 e. The van der Waals surface area contributed by atoms with Crippen molar-refractivity contribution in [3.63, 3.8) is 0 Å². The van der Waals surface area contributed by atoms with Gasteiger partial charge in [0.25, 0.3) is 5.91 Å². The van der Waals surface area contributed by atoms with Gasteiger partial charge in [0, 0.05) is 25.7 Å². The van der Waals surface area contributed by atoms with E-state index in [1.807, 2.05) is 19.1 Å². The SMILES string of the molecule is COc1ccc(C=CC(=O)N2CCCc3cccc(C)c32)cc1S(=O)(=O)N1CCOCC1. The summed E-state index contributed by atoms with van der Waals surface area (Å²) in [6, 6.07) is 11.0. The maximum absolute atomic E-state index is 13.2.